The zero-order chi connectivity index (χ0) is 16.2. The van der Waals surface area contributed by atoms with E-state index in [0.717, 1.165) is 25.2 Å². The standard InChI is InChI=1S/C14H16F2N4O2S/c15-13(16)22-10-5-3-9(4-6-10)12-18-19-14(20(12)17)23-8-11-2-1-7-21-11/h3-6,11,13H,1-2,7-8,17H2. The van der Waals surface area contributed by atoms with Crippen LogP contribution in [0.3, 0.4) is 0 Å². The smallest absolute Gasteiger partial charge is 0.387 e. The quantitative estimate of drug-likeness (QED) is 0.642. The van der Waals surface area contributed by atoms with Crippen molar-refractivity contribution in [3.8, 4) is 17.1 Å². The fourth-order valence-electron chi connectivity index (χ4n) is 2.30. The van der Waals surface area contributed by atoms with E-state index in [2.05, 4.69) is 14.9 Å². The minimum Gasteiger partial charge on any atom is -0.435 e. The summed E-state index contributed by atoms with van der Waals surface area (Å²) in [5.41, 5.74) is 0.672. The van der Waals surface area contributed by atoms with Crippen LogP contribution in [-0.2, 0) is 4.74 Å². The maximum Gasteiger partial charge on any atom is 0.387 e. The fourth-order valence-corrected chi connectivity index (χ4v) is 3.22. The number of ether oxygens (including phenoxy) is 2. The Morgan fingerprint density at radius 2 is 2.13 bits per heavy atom. The van der Waals surface area contributed by atoms with Crippen molar-refractivity contribution in [3.63, 3.8) is 0 Å². The highest BCUT2D eigenvalue weighted by Gasteiger charge is 2.18. The SMILES string of the molecule is Nn1c(SCC2CCCO2)nnc1-c1ccc(OC(F)F)cc1. The highest BCUT2D eigenvalue weighted by molar-refractivity contribution is 7.99. The molecule has 1 saturated heterocycles. The third kappa shape index (κ3) is 3.91. The van der Waals surface area contributed by atoms with Gasteiger partial charge < -0.3 is 15.3 Å². The molecule has 0 saturated carbocycles. The van der Waals surface area contributed by atoms with Gasteiger partial charge in [0, 0.05) is 17.9 Å². The van der Waals surface area contributed by atoms with Crippen LogP contribution in [0.4, 0.5) is 8.78 Å². The number of halogens is 2. The van der Waals surface area contributed by atoms with E-state index < -0.39 is 6.61 Å². The normalized spacial score (nSPS) is 17.8. The number of thioether (sulfide) groups is 1. The average molecular weight is 342 g/mol. The second kappa shape index (κ2) is 7.14. The molecule has 0 spiro atoms. The molecule has 1 aliphatic heterocycles. The van der Waals surface area contributed by atoms with Gasteiger partial charge in [-0.25, -0.2) is 4.68 Å². The van der Waals surface area contributed by atoms with Crippen LogP contribution in [0.2, 0.25) is 0 Å². The monoisotopic (exact) mass is 342 g/mol. The van der Waals surface area contributed by atoms with E-state index in [9.17, 15) is 8.78 Å². The summed E-state index contributed by atoms with van der Waals surface area (Å²) in [6.07, 6.45) is 2.36. The third-order valence-electron chi connectivity index (χ3n) is 3.42. The molecule has 124 valence electrons. The Morgan fingerprint density at radius 1 is 1.35 bits per heavy atom. The number of aromatic nitrogens is 3. The van der Waals surface area contributed by atoms with E-state index in [1.807, 2.05) is 0 Å². The Labute approximate surface area is 135 Å². The number of benzene rings is 1. The van der Waals surface area contributed by atoms with Crippen LogP contribution >= 0.6 is 11.8 Å². The van der Waals surface area contributed by atoms with Crippen LogP contribution in [0.5, 0.6) is 5.75 Å². The van der Waals surface area contributed by atoms with Crippen LogP contribution in [0, 0.1) is 0 Å². The minimum absolute atomic E-state index is 0.0832. The largest absolute Gasteiger partial charge is 0.435 e. The highest BCUT2D eigenvalue weighted by atomic mass is 32.2. The Balaban J connectivity index is 1.68. The molecular formula is C14H16F2N4O2S. The van der Waals surface area contributed by atoms with Crippen molar-refractivity contribution < 1.29 is 18.3 Å². The second-order valence-electron chi connectivity index (χ2n) is 5.03. The van der Waals surface area contributed by atoms with Gasteiger partial charge in [0.1, 0.15) is 5.75 Å². The van der Waals surface area contributed by atoms with Crippen molar-refractivity contribution in [2.75, 3.05) is 18.2 Å². The summed E-state index contributed by atoms with van der Waals surface area (Å²) < 4.78 is 35.5. The molecule has 1 aliphatic rings. The van der Waals surface area contributed by atoms with Gasteiger partial charge in [0.2, 0.25) is 5.16 Å². The maximum atomic E-state index is 12.1. The van der Waals surface area contributed by atoms with Crippen molar-refractivity contribution in [2.45, 2.75) is 30.7 Å². The molecule has 1 aromatic heterocycles. The summed E-state index contributed by atoms with van der Waals surface area (Å²) in [5, 5.41) is 8.71. The molecule has 1 atom stereocenters. The van der Waals surface area contributed by atoms with Crippen LogP contribution in [0.1, 0.15) is 12.8 Å². The molecule has 2 aromatic rings. The predicted molar refractivity (Wildman–Crippen MR) is 81.9 cm³/mol. The van der Waals surface area contributed by atoms with E-state index in [1.54, 1.807) is 12.1 Å². The first kappa shape index (κ1) is 16.0. The minimum atomic E-state index is -2.85. The number of alkyl halides is 2. The molecule has 0 amide bonds. The molecule has 3 rings (SSSR count). The number of hydrogen-bond donors (Lipinski definition) is 1. The van der Waals surface area contributed by atoms with Gasteiger partial charge >= 0.3 is 6.61 Å². The molecule has 0 bridgehead atoms. The molecule has 2 N–H and O–H groups in total. The summed E-state index contributed by atoms with van der Waals surface area (Å²) in [6, 6.07) is 6.10. The number of nitrogens with two attached hydrogens (primary N) is 1. The lowest BCUT2D eigenvalue weighted by Gasteiger charge is -2.08. The molecule has 23 heavy (non-hydrogen) atoms. The lowest BCUT2D eigenvalue weighted by atomic mass is 10.2. The van der Waals surface area contributed by atoms with Gasteiger partial charge in [0.15, 0.2) is 5.82 Å². The van der Waals surface area contributed by atoms with Crippen molar-refractivity contribution >= 4 is 11.8 Å². The van der Waals surface area contributed by atoms with Gasteiger partial charge in [-0.05, 0) is 37.1 Å². The number of hydrogen-bond acceptors (Lipinski definition) is 6. The molecule has 1 fully saturated rings. The van der Waals surface area contributed by atoms with Crippen LogP contribution in [0.15, 0.2) is 29.4 Å². The molecule has 0 aliphatic carbocycles. The average Bonchev–Trinajstić information content (AvgIpc) is 3.15. The Kier molecular flexibility index (Phi) is 4.97. The highest BCUT2D eigenvalue weighted by Crippen LogP contribution is 2.26. The number of nitrogen functional groups attached to an aromatic ring is 1. The fraction of sp³-hybridized carbons (Fsp3) is 0.429. The summed E-state index contributed by atoms with van der Waals surface area (Å²) in [5.74, 6) is 7.34. The number of nitrogens with zero attached hydrogens (tertiary/aromatic N) is 3. The van der Waals surface area contributed by atoms with Crippen LogP contribution < -0.4 is 10.6 Å². The second-order valence-corrected chi connectivity index (χ2v) is 6.01. The lowest BCUT2D eigenvalue weighted by Crippen LogP contribution is -2.14. The van der Waals surface area contributed by atoms with E-state index in [1.165, 1.54) is 28.6 Å². The van der Waals surface area contributed by atoms with Gasteiger partial charge in [-0.1, -0.05) is 11.8 Å². The van der Waals surface area contributed by atoms with Gasteiger partial charge in [0.05, 0.1) is 6.10 Å². The van der Waals surface area contributed by atoms with E-state index >= 15 is 0 Å². The van der Waals surface area contributed by atoms with E-state index in [0.29, 0.717) is 16.5 Å². The van der Waals surface area contributed by atoms with E-state index in [-0.39, 0.29) is 11.9 Å². The summed E-state index contributed by atoms with van der Waals surface area (Å²) >= 11 is 1.49. The molecule has 2 heterocycles. The molecule has 6 nitrogen and oxygen atoms in total. The molecule has 9 heteroatoms. The van der Waals surface area contributed by atoms with Gasteiger partial charge in [0.25, 0.3) is 0 Å². The van der Waals surface area contributed by atoms with Crippen LogP contribution in [-0.4, -0.2) is 39.9 Å². The Bertz CT molecular complexity index is 645. The predicted octanol–water partition coefficient (Wildman–Crippen LogP) is 2.53. The summed E-state index contributed by atoms with van der Waals surface area (Å²) in [6.45, 7) is -2.04. The zero-order valence-electron chi connectivity index (χ0n) is 12.2. The van der Waals surface area contributed by atoms with Crippen molar-refractivity contribution in [1.29, 1.82) is 0 Å². The first-order valence-electron chi connectivity index (χ1n) is 7.13. The summed E-state index contributed by atoms with van der Waals surface area (Å²) in [7, 11) is 0. The van der Waals surface area contributed by atoms with Gasteiger partial charge in [-0.15, -0.1) is 10.2 Å². The first-order chi connectivity index (χ1) is 11.1. The van der Waals surface area contributed by atoms with Gasteiger partial charge in [-0.3, -0.25) is 0 Å². The topological polar surface area (TPSA) is 75.2 Å². The van der Waals surface area contributed by atoms with Gasteiger partial charge in [-0.2, -0.15) is 8.78 Å². The Morgan fingerprint density at radius 3 is 2.78 bits per heavy atom. The number of rotatable bonds is 6. The first-order valence-corrected chi connectivity index (χ1v) is 8.12. The molecule has 1 aromatic carbocycles. The van der Waals surface area contributed by atoms with Crippen LogP contribution in [0.25, 0.3) is 11.4 Å². The van der Waals surface area contributed by atoms with Crippen molar-refractivity contribution in [3.05, 3.63) is 24.3 Å². The zero-order valence-corrected chi connectivity index (χ0v) is 13.0. The molecule has 1 unspecified atom stereocenters. The lowest BCUT2D eigenvalue weighted by molar-refractivity contribution is -0.0498. The van der Waals surface area contributed by atoms with E-state index in [4.69, 9.17) is 10.6 Å². The molecule has 0 radical (unpaired) electrons. The van der Waals surface area contributed by atoms with Crippen molar-refractivity contribution in [2.24, 2.45) is 0 Å². The Hall–Kier alpha value is -1.87. The molecular weight excluding hydrogens is 326 g/mol. The summed E-state index contributed by atoms with van der Waals surface area (Å²) in [4.78, 5) is 0. The van der Waals surface area contributed by atoms with Crippen molar-refractivity contribution in [1.82, 2.24) is 14.9 Å². The maximum absolute atomic E-state index is 12.1. The third-order valence-corrected chi connectivity index (χ3v) is 4.50.